The summed E-state index contributed by atoms with van der Waals surface area (Å²) in [7, 11) is 4.23. The van der Waals surface area contributed by atoms with Crippen molar-refractivity contribution in [1.82, 2.24) is 19.9 Å². The highest BCUT2D eigenvalue weighted by Gasteiger charge is 2.22. The molecule has 0 aliphatic carbocycles. The number of hydrogen-bond donors (Lipinski definition) is 0. The molecular weight excluding hydrogens is 295 g/mol. The second-order valence-electron chi connectivity index (χ2n) is 6.35. The summed E-state index contributed by atoms with van der Waals surface area (Å²) in [6.45, 7) is 2.78. The predicted octanol–water partition coefficient (Wildman–Crippen LogP) is 2.33. The van der Waals surface area contributed by atoms with Gasteiger partial charge in [-0.05, 0) is 45.1 Å². The largest absolute Gasteiger partial charge is 0.338 e. The normalized spacial score (nSPS) is 18.9. The Morgan fingerprint density at radius 3 is 2.96 bits per heavy atom. The van der Waals surface area contributed by atoms with Gasteiger partial charge in [-0.15, -0.1) is 0 Å². The summed E-state index contributed by atoms with van der Waals surface area (Å²) in [4.78, 5) is 8.98. The van der Waals surface area contributed by atoms with E-state index in [1.807, 2.05) is 6.07 Å². The molecule has 3 rings (SSSR count). The van der Waals surface area contributed by atoms with E-state index >= 15 is 0 Å². The van der Waals surface area contributed by atoms with Gasteiger partial charge in [-0.1, -0.05) is 23.4 Å². The minimum atomic E-state index is -0.236. The molecule has 6 heteroatoms. The van der Waals surface area contributed by atoms with Crippen LogP contribution in [-0.4, -0.2) is 53.2 Å². The molecule has 1 aliphatic heterocycles. The van der Waals surface area contributed by atoms with E-state index in [-0.39, 0.29) is 5.82 Å². The quantitative estimate of drug-likeness (QED) is 0.818. The number of likely N-dealkylation sites (N-methyl/N-ethyl adjacent to an activating group) is 2. The average Bonchev–Trinajstić information content (AvgIpc) is 3.11. The van der Waals surface area contributed by atoms with Crippen molar-refractivity contribution in [2.24, 2.45) is 0 Å². The lowest BCUT2D eigenvalue weighted by molar-refractivity contribution is 0.198. The highest BCUT2D eigenvalue weighted by Crippen LogP contribution is 2.16. The number of rotatable bonds is 6. The van der Waals surface area contributed by atoms with E-state index in [0.717, 1.165) is 6.54 Å². The van der Waals surface area contributed by atoms with E-state index < -0.39 is 0 Å². The van der Waals surface area contributed by atoms with E-state index in [1.54, 1.807) is 12.1 Å². The number of hydrogen-bond acceptors (Lipinski definition) is 5. The van der Waals surface area contributed by atoms with Crippen LogP contribution < -0.4 is 0 Å². The van der Waals surface area contributed by atoms with Crippen LogP contribution in [0.2, 0.25) is 0 Å². The third-order valence-corrected chi connectivity index (χ3v) is 4.42. The van der Waals surface area contributed by atoms with Crippen molar-refractivity contribution < 1.29 is 8.91 Å². The summed E-state index contributed by atoms with van der Waals surface area (Å²) in [5.74, 6) is 0.871. The minimum Gasteiger partial charge on any atom is -0.338 e. The van der Waals surface area contributed by atoms with Gasteiger partial charge in [-0.3, -0.25) is 4.90 Å². The molecule has 1 fully saturated rings. The Morgan fingerprint density at radius 2 is 2.22 bits per heavy atom. The van der Waals surface area contributed by atoms with Crippen LogP contribution in [0, 0.1) is 5.82 Å². The molecule has 1 saturated heterocycles. The van der Waals surface area contributed by atoms with Crippen LogP contribution >= 0.6 is 0 Å². The van der Waals surface area contributed by atoms with Crippen molar-refractivity contribution in [2.75, 3.05) is 27.2 Å². The molecule has 1 atom stereocenters. The summed E-state index contributed by atoms with van der Waals surface area (Å²) in [5, 5.41) is 3.96. The van der Waals surface area contributed by atoms with Gasteiger partial charge >= 0.3 is 0 Å². The van der Waals surface area contributed by atoms with Crippen molar-refractivity contribution >= 4 is 0 Å². The predicted molar refractivity (Wildman–Crippen MR) is 85.5 cm³/mol. The Bertz CT molecular complexity index is 645. The minimum absolute atomic E-state index is 0.236. The lowest BCUT2D eigenvalue weighted by atomic mass is 10.1. The molecule has 0 amide bonds. The SMILES string of the molecule is CN(Cc1nc(Cc2ccccc2F)no1)CC1CCCN1C. The molecule has 124 valence electrons. The van der Waals surface area contributed by atoms with Crippen LogP contribution in [0.3, 0.4) is 0 Å². The van der Waals surface area contributed by atoms with Crippen LogP contribution in [0.25, 0.3) is 0 Å². The zero-order chi connectivity index (χ0) is 16.2. The fourth-order valence-electron chi connectivity index (χ4n) is 3.10. The van der Waals surface area contributed by atoms with Gasteiger partial charge in [0.15, 0.2) is 5.82 Å². The van der Waals surface area contributed by atoms with E-state index in [2.05, 4.69) is 34.0 Å². The fourth-order valence-corrected chi connectivity index (χ4v) is 3.10. The van der Waals surface area contributed by atoms with E-state index in [9.17, 15) is 4.39 Å². The Kier molecular flexibility index (Phi) is 5.03. The summed E-state index contributed by atoms with van der Waals surface area (Å²) < 4.78 is 19.0. The number of aromatic nitrogens is 2. The summed E-state index contributed by atoms with van der Waals surface area (Å²) in [5.41, 5.74) is 0.584. The van der Waals surface area contributed by atoms with Crippen LogP contribution in [0.4, 0.5) is 4.39 Å². The first-order chi connectivity index (χ1) is 11.1. The van der Waals surface area contributed by atoms with Gasteiger partial charge in [0, 0.05) is 19.0 Å². The molecule has 2 aromatic rings. The first-order valence-electron chi connectivity index (χ1n) is 8.05. The van der Waals surface area contributed by atoms with Gasteiger partial charge < -0.3 is 9.42 Å². The lowest BCUT2D eigenvalue weighted by Crippen LogP contribution is -2.36. The van der Waals surface area contributed by atoms with Crippen LogP contribution in [0.15, 0.2) is 28.8 Å². The molecular formula is C17H23FN4O. The Hall–Kier alpha value is -1.79. The third-order valence-electron chi connectivity index (χ3n) is 4.42. The first-order valence-corrected chi connectivity index (χ1v) is 8.05. The average molecular weight is 318 g/mol. The van der Waals surface area contributed by atoms with Crippen LogP contribution in [-0.2, 0) is 13.0 Å². The van der Waals surface area contributed by atoms with Crippen molar-refractivity contribution in [3.63, 3.8) is 0 Å². The zero-order valence-electron chi connectivity index (χ0n) is 13.7. The maximum absolute atomic E-state index is 13.7. The van der Waals surface area contributed by atoms with Crippen LogP contribution in [0.1, 0.15) is 30.1 Å². The van der Waals surface area contributed by atoms with Crippen molar-refractivity contribution in [3.05, 3.63) is 47.4 Å². The Balaban J connectivity index is 1.55. The highest BCUT2D eigenvalue weighted by atomic mass is 19.1. The Labute approximate surface area is 136 Å². The summed E-state index contributed by atoms with van der Waals surface area (Å²) >= 11 is 0. The monoisotopic (exact) mass is 318 g/mol. The van der Waals surface area contributed by atoms with E-state index in [0.29, 0.717) is 36.3 Å². The smallest absolute Gasteiger partial charge is 0.240 e. The molecule has 1 aromatic carbocycles. The lowest BCUT2D eigenvalue weighted by Gasteiger charge is -2.24. The molecule has 0 N–H and O–H groups in total. The second-order valence-corrected chi connectivity index (χ2v) is 6.35. The molecule has 23 heavy (non-hydrogen) atoms. The van der Waals surface area contributed by atoms with Crippen molar-refractivity contribution in [2.45, 2.75) is 31.8 Å². The van der Waals surface area contributed by atoms with Gasteiger partial charge in [0.05, 0.1) is 6.54 Å². The molecule has 0 spiro atoms. The van der Waals surface area contributed by atoms with Gasteiger partial charge in [0.2, 0.25) is 5.89 Å². The zero-order valence-corrected chi connectivity index (χ0v) is 13.7. The molecule has 0 radical (unpaired) electrons. The number of nitrogens with zero attached hydrogens (tertiary/aromatic N) is 4. The first kappa shape index (κ1) is 16.1. The molecule has 0 bridgehead atoms. The maximum Gasteiger partial charge on any atom is 0.240 e. The summed E-state index contributed by atoms with van der Waals surface area (Å²) in [6, 6.07) is 7.27. The van der Waals surface area contributed by atoms with Gasteiger partial charge in [0.25, 0.3) is 0 Å². The second kappa shape index (κ2) is 7.19. The third kappa shape index (κ3) is 4.14. The van der Waals surface area contributed by atoms with Crippen molar-refractivity contribution in [1.29, 1.82) is 0 Å². The van der Waals surface area contributed by atoms with Crippen molar-refractivity contribution in [3.8, 4) is 0 Å². The molecule has 1 aromatic heterocycles. The number of halogens is 1. The molecule has 1 aliphatic rings. The van der Waals surface area contributed by atoms with Crippen LogP contribution in [0.5, 0.6) is 0 Å². The number of likely N-dealkylation sites (tertiary alicyclic amines) is 1. The van der Waals surface area contributed by atoms with Gasteiger partial charge in [-0.2, -0.15) is 4.98 Å². The number of benzene rings is 1. The highest BCUT2D eigenvalue weighted by molar-refractivity contribution is 5.20. The molecule has 0 saturated carbocycles. The maximum atomic E-state index is 13.7. The van der Waals surface area contributed by atoms with E-state index in [1.165, 1.54) is 25.5 Å². The summed E-state index contributed by atoms with van der Waals surface area (Å²) in [6.07, 6.45) is 2.86. The van der Waals surface area contributed by atoms with E-state index in [4.69, 9.17) is 4.52 Å². The fraction of sp³-hybridized carbons (Fsp3) is 0.529. The standard InChI is InChI=1S/C17H23FN4O/c1-21(11-14-7-5-9-22(14)2)12-17-19-16(20-23-17)10-13-6-3-4-8-15(13)18/h3-4,6,8,14H,5,7,9-12H2,1-2H3. The van der Waals surface area contributed by atoms with Gasteiger partial charge in [-0.25, -0.2) is 4.39 Å². The van der Waals surface area contributed by atoms with Gasteiger partial charge in [0.1, 0.15) is 5.82 Å². The topological polar surface area (TPSA) is 45.4 Å². The molecule has 2 heterocycles. The Morgan fingerprint density at radius 1 is 1.39 bits per heavy atom. The molecule has 5 nitrogen and oxygen atoms in total. The molecule has 1 unspecified atom stereocenters.